The SMILES string of the molecule is COC(=O)c1cc(Oc2ccccc2I)ncc1N. The Kier molecular flexibility index (Phi) is 4.20. The summed E-state index contributed by atoms with van der Waals surface area (Å²) >= 11 is 2.15. The minimum absolute atomic E-state index is 0.235. The van der Waals surface area contributed by atoms with Gasteiger partial charge in [0, 0.05) is 6.07 Å². The van der Waals surface area contributed by atoms with Crippen molar-refractivity contribution >= 4 is 34.2 Å². The maximum Gasteiger partial charge on any atom is 0.340 e. The number of carbonyl (C=O) groups excluding carboxylic acids is 1. The van der Waals surface area contributed by atoms with Gasteiger partial charge >= 0.3 is 5.97 Å². The Balaban J connectivity index is 2.32. The van der Waals surface area contributed by atoms with Crippen LogP contribution >= 0.6 is 22.6 Å². The molecule has 19 heavy (non-hydrogen) atoms. The topological polar surface area (TPSA) is 74.4 Å². The highest BCUT2D eigenvalue weighted by Gasteiger charge is 2.13. The van der Waals surface area contributed by atoms with Crippen LogP contribution in [0.15, 0.2) is 36.5 Å². The number of anilines is 1. The summed E-state index contributed by atoms with van der Waals surface area (Å²) < 4.78 is 11.2. The van der Waals surface area contributed by atoms with E-state index in [1.165, 1.54) is 19.4 Å². The van der Waals surface area contributed by atoms with Crippen molar-refractivity contribution in [2.75, 3.05) is 12.8 Å². The first-order valence-electron chi connectivity index (χ1n) is 5.38. The molecule has 0 spiro atoms. The van der Waals surface area contributed by atoms with E-state index in [1.54, 1.807) is 0 Å². The number of hydrogen-bond donors (Lipinski definition) is 1. The van der Waals surface area contributed by atoms with E-state index in [-0.39, 0.29) is 11.3 Å². The van der Waals surface area contributed by atoms with Gasteiger partial charge in [-0.3, -0.25) is 0 Å². The zero-order valence-corrected chi connectivity index (χ0v) is 12.2. The number of halogens is 1. The zero-order valence-electron chi connectivity index (χ0n) is 10.1. The molecule has 6 heteroatoms. The molecule has 1 aromatic heterocycles. The van der Waals surface area contributed by atoms with Gasteiger partial charge in [-0.1, -0.05) is 12.1 Å². The van der Waals surface area contributed by atoms with E-state index in [9.17, 15) is 4.79 Å². The van der Waals surface area contributed by atoms with E-state index < -0.39 is 5.97 Å². The molecule has 2 rings (SSSR count). The predicted molar refractivity (Wildman–Crippen MR) is 79.2 cm³/mol. The number of nitrogens with zero attached hydrogens (tertiary/aromatic N) is 1. The van der Waals surface area contributed by atoms with Gasteiger partial charge in [0.15, 0.2) is 0 Å². The molecule has 0 aliphatic heterocycles. The number of esters is 1. The monoisotopic (exact) mass is 370 g/mol. The first-order valence-corrected chi connectivity index (χ1v) is 6.46. The Morgan fingerprint density at radius 3 is 2.79 bits per heavy atom. The highest BCUT2D eigenvalue weighted by molar-refractivity contribution is 14.1. The van der Waals surface area contributed by atoms with Gasteiger partial charge in [-0.05, 0) is 34.7 Å². The standard InChI is InChI=1S/C13H11IN2O3/c1-18-13(17)8-6-12(16-7-10(8)15)19-11-5-3-2-4-9(11)14/h2-7H,15H2,1H3. The van der Waals surface area contributed by atoms with Crippen LogP contribution in [0.2, 0.25) is 0 Å². The van der Waals surface area contributed by atoms with Crippen molar-refractivity contribution in [3.63, 3.8) is 0 Å². The van der Waals surface area contributed by atoms with Crippen molar-refractivity contribution in [2.24, 2.45) is 0 Å². The van der Waals surface area contributed by atoms with Gasteiger partial charge in [0.25, 0.3) is 0 Å². The fourth-order valence-electron chi connectivity index (χ4n) is 1.43. The van der Waals surface area contributed by atoms with Gasteiger partial charge in [-0.2, -0.15) is 0 Å². The average molecular weight is 370 g/mol. The molecule has 0 fully saturated rings. The van der Waals surface area contributed by atoms with E-state index in [0.717, 1.165) is 3.57 Å². The number of nitrogen functional groups attached to an aromatic ring is 1. The normalized spacial score (nSPS) is 10.0. The van der Waals surface area contributed by atoms with Crippen LogP contribution in [0.3, 0.4) is 0 Å². The third-order valence-corrected chi connectivity index (χ3v) is 3.26. The van der Waals surface area contributed by atoms with E-state index in [2.05, 4.69) is 32.3 Å². The van der Waals surface area contributed by atoms with Crippen LogP contribution in [0.1, 0.15) is 10.4 Å². The molecule has 0 unspecified atom stereocenters. The number of para-hydroxylation sites is 1. The maximum absolute atomic E-state index is 11.5. The van der Waals surface area contributed by atoms with Crippen LogP contribution in [-0.4, -0.2) is 18.1 Å². The fraction of sp³-hybridized carbons (Fsp3) is 0.0769. The van der Waals surface area contributed by atoms with E-state index >= 15 is 0 Å². The second kappa shape index (κ2) is 5.87. The Labute approximate surface area is 123 Å². The van der Waals surface area contributed by atoms with Crippen LogP contribution in [0.5, 0.6) is 11.6 Å². The summed E-state index contributed by atoms with van der Waals surface area (Å²) in [5.41, 5.74) is 6.16. The smallest absolute Gasteiger partial charge is 0.340 e. The Morgan fingerprint density at radius 2 is 2.11 bits per heavy atom. The lowest BCUT2D eigenvalue weighted by Gasteiger charge is -2.09. The Bertz CT molecular complexity index is 617. The molecule has 0 aliphatic rings. The summed E-state index contributed by atoms with van der Waals surface area (Å²) in [4.78, 5) is 15.6. The maximum atomic E-state index is 11.5. The van der Waals surface area contributed by atoms with Crippen molar-refractivity contribution in [3.8, 4) is 11.6 Å². The van der Waals surface area contributed by atoms with Gasteiger partial charge in [-0.15, -0.1) is 0 Å². The van der Waals surface area contributed by atoms with Crippen LogP contribution in [-0.2, 0) is 4.74 Å². The third kappa shape index (κ3) is 3.14. The van der Waals surface area contributed by atoms with Crippen LogP contribution < -0.4 is 10.5 Å². The molecular weight excluding hydrogens is 359 g/mol. The van der Waals surface area contributed by atoms with Gasteiger partial charge in [-0.25, -0.2) is 9.78 Å². The minimum Gasteiger partial charge on any atom is -0.465 e. The van der Waals surface area contributed by atoms with Crippen molar-refractivity contribution < 1.29 is 14.3 Å². The first kappa shape index (κ1) is 13.6. The lowest BCUT2D eigenvalue weighted by atomic mass is 10.2. The van der Waals surface area contributed by atoms with E-state index in [4.69, 9.17) is 10.5 Å². The molecule has 0 bridgehead atoms. The van der Waals surface area contributed by atoms with Crippen molar-refractivity contribution in [1.29, 1.82) is 0 Å². The number of methoxy groups -OCH3 is 1. The second-order valence-electron chi connectivity index (χ2n) is 3.63. The van der Waals surface area contributed by atoms with Gasteiger partial charge < -0.3 is 15.2 Å². The molecule has 0 saturated carbocycles. The lowest BCUT2D eigenvalue weighted by molar-refractivity contribution is 0.0601. The molecule has 0 amide bonds. The number of benzene rings is 1. The average Bonchev–Trinajstić information content (AvgIpc) is 2.42. The number of carbonyl (C=O) groups is 1. The summed E-state index contributed by atoms with van der Waals surface area (Å²) in [6.07, 6.45) is 1.37. The van der Waals surface area contributed by atoms with Gasteiger partial charge in [0.05, 0.1) is 28.1 Å². The minimum atomic E-state index is -0.521. The van der Waals surface area contributed by atoms with E-state index in [0.29, 0.717) is 11.6 Å². The third-order valence-electron chi connectivity index (χ3n) is 2.37. The predicted octanol–water partition coefficient (Wildman–Crippen LogP) is 2.85. The summed E-state index contributed by atoms with van der Waals surface area (Å²) in [7, 11) is 1.29. The fourth-order valence-corrected chi connectivity index (χ4v) is 1.93. The molecule has 5 nitrogen and oxygen atoms in total. The number of ether oxygens (including phenoxy) is 2. The Morgan fingerprint density at radius 1 is 1.37 bits per heavy atom. The number of hydrogen-bond acceptors (Lipinski definition) is 5. The molecule has 0 radical (unpaired) electrons. The summed E-state index contributed by atoms with van der Waals surface area (Å²) in [5.74, 6) is 0.433. The number of nitrogens with two attached hydrogens (primary N) is 1. The van der Waals surface area contributed by atoms with E-state index in [1.807, 2.05) is 24.3 Å². The van der Waals surface area contributed by atoms with Gasteiger partial charge in [0.1, 0.15) is 5.75 Å². The zero-order chi connectivity index (χ0) is 13.8. The molecule has 0 aliphatic carbocycles. The molecule has 1 heterocycles. The van der Waals surface area contributed by atoms with Crippen LogP contribution in [0.4, 0.5) is 5.69 Å². The van der Waals surface area contributed by atoms with Crippen molar-refractivity contribution in [3.05, 3.63) is 45.7 Å². The molecule has 2 aromatic rings. The largest absolute Gasteiger partial charge is 0.465 e. The van der Waals surface area contributed by atoms with Crippen molar-refractivity contribution in [1.82, 2.24) is 4.98 Å². The molecule has 98 valence electrons. The second-order valence-corrected chi connectivity index (χ2v) is 4.80. The molecule has 2 N–H and O–H groups in total. The summed E-state index contributed by atoms with van der Waals surface area (Å²) in [5, 5.41) is 0. The number of pyridine rings is 1. The van der Waals surface area contributed by atoms with Crippen molar-refractivity contribution in [2.45, 2.75) is 0 Å². The first-order chi connectivity index (χ1) is 9.11. The number of rotatable bonds is 3. The Hall–Kier alpha value is -1.83. The lowest BCUT2D eigenvalue weighted by Crippen LogP contribution is -2.06. The number of aromatic nitrogens is 1. The van der Waals surface area contributed by atoms with Crippen LogP contribution in [0, 0.1) is 3.57 Å². The van der Waals surface area contributed by atoms with Gasteiger partial charge in [0.2, 0.25) is 5.88 Å². The summed E-state index contributed by atoms with van der Waals surface area (Å²) in [6, 6.07) is 8.96. The molecule has 0 saturated heterocycles. The molecule has 1 aromatic carbocycles. The summed E-state index contributed by atoms with van der Waals surface area (Å²) in [6.45, 7) is 0. The highest BCUT2D eigenvalue weighted by atomic mass is 127. The quantitative estimate of drug-likeness (QED) is 0.665. The van der Waals surface area contributed by atoms with Crippen LogP contribution in [0.25, 0.3) is 0 Å². The highest BCUT2D eigenvalue weighted by Crippen LogP contribution is 2.26. The molecule has 0 atom stereocenters. The molecular formula is C13H11IN2O3.